The number of nitrogens with one attached hydrogen (secondary N) is 2. The number of aliphatic imine (C=N–C) groups is 1. The van der Waals surface area contributed by atoms with Crippen LogP contribution in [-0.2, 0) is 6.42 Å². The fourth-order valence-electron chi connectivity index (χ4n) is 2.57. The Bertz CT molecular complexity index is 445. The summed E-state index contributed by atoms with van der Waals surface area (Å²) < 4.78 is 13.5. The van der Waals surface area contributed by atoms with Crippen LogP contribution >= 0.6 is 24.0 Å². The molecule has 2 N–H and O–H groups in total. The lowest BCUT2D eigenvalue weighted by Crippen LogP contribution is -2.42. The normalized spacial score (nSPS) is 15.6. The fourth-order valence-corrected chi connectivity index (χ4v) is 2.57. The molecule has 118 valence electrons. The van der Waals surface area contributed by atoms with E-state index < -0.39 is 0 Å². The highest BCUT2D eigenvalue weighted by atomic mass is 127. The summed E-state index contributed by atoms with van der Waals surface area (Å²) in [6.07, 6.45) is 5.67. The molecule has 0 radical (unpaired) electrons. The molecule has 3 nitrogen and oxygen atoms in total. The second-order valence-electron chi connectivity index (χ2n) is 5.23. The highest BCUT2D eigenvalue weighted by Crippen LogP contribution is 2.17. The molecule has 0 heterocycles. The topological polar surface area (TPSA) is 36.4 Å². The van der Waals surface area contributed by atoms with E-state index in [1.807, 2.05) is 12.1 Å². The van der Waals surface area contributed by atoms with Crippen molar-refractivity contribution in [3.63, 3.8) is 0 Å². The zero-order chi connectivity index (χ0) is 14.2. The molecule has 1 saturated carbocycles. The van der Waals surface area contributed by atoms with Crippen molar-refractivity contribution in [3.05, 3.63) is 35.6 Å². The maximum atomic E-state index is 13.5. The number of hydrogen-bond acceptors (Lipinski definition) is 1. The molecule has 0 bridgehead atoms. The first-order chi connectivity index (χ1) is 9.79. The number of benzene rings is 1. The van der Waals surface area contributed by atoms with Crippen molar-refractivity contribution in [2.45, 2.75) is 45.1 Å². The predicted octanol–water partition coefficient (Wildman–Crippen LogP) is 3.48. The van der Waals surface area contributed by atoms with Crippen LogP contribution in [0, 0.1) is 5.82 Å². The Morgan fingerprint density at radius 3 is 2.67 bits per heavy atom. The predicted molar refractivity (Wildman–Crippen MR) is 96.9 cm³/mol. The van der Waals surface area contributed by atoms with Crippen molar-refractivity contribution in [1.29, 1.82) is 0 Å². The quantitative estimate of drug-likeness (QED) is 0.447. The zero-order valence-corrected chi connectivity index (χ0v) is 14.9. The van der Waals surface area contributed by atoms with Gasteiger partial charge in [0.25, 0.3) is 0 Å². The third-order valence-electron chi connectivity index (χ3n) is 3.65. The molecule has 1 aliphatic carbocycles. The molecule has 2 rings (SSSR count). The van der Waals surface area contributed by atoms with Gasteiger partial charge in [-0.25, -0.2) is 4.39 Å². The lowest BCUT2D eigenvalue weighted by atomic mass is 10.1. The van der Waals surface area contributed by atoms with Gasteiger partial charge in [-0.2, -0.15) is 0 Å². The minimum Gasteiger partial charge on any atom is -0.357 e. The van der Waals surface area contributed by atoms with Gasteiger partial charge < -0.3 is 10.6 Å². The van der Waals surface area contributed by atoms with Crippen LogP contribution < -0.4 is 10.6 Å². The van der Waals surface area contributed by atoms with Crippen molar-refractivity contribution >= 4 is 29.9 Å². The summed E-state index contributed by atoms with van der Waals surface area (Å²) in [6, 6.07) is 7.45. The Hall–Kier alpha value is -0.850. The smallest absolute Gasteiger partial charge is 0.191 e. The van der Waals surface area contributed by atoms with E-state index in [4.69, 9.17) is 0 Å². The summed E-state index contributed by atoms with van der Waals surface area (Å²) >= 11 is 0. The lowest BCUT2D eigenvalue weighted by Gasteiger charge is -2.16. The van der Waals surface area contributed by atoms with Crippen LogP contribution in [0.5, 0.6) is 0 Å². The number of nitrogens with zero attached hydrogens (tertiary/aromatic N) is 1. The first-order valence-corrected chi connectivity index (χ1v) is 7.58. The molecule has 0 aliphatic heterocycles. The van der Waals surface area contributed by atoms with Crippen molar-refractivity contribution < 1.29 is 4.39 Å². The minimum absolute atomic E-state index is 0. The number of guanidine groups is 1. The third-order valence-corrected chi connectivity index (χ3v) is 3.65. The van der Waals surface area contributed by atoms with E-state index in [1.165, 1.54) is 31.7 Å². The molecule has 1 aliphatic rings. The van der Waals surface area contributed by atoms with E-state index in [-0.39, 0.29) is 29.8 Å². The Morgan fingerprint density at radius 2 is 2.00 bits per heavy atom. The molecule has 0 spiro atoms. The Morgan fingerprint density at radius 1 is 1.29 bits per heavy atom. The van der Waals surface area contributed by atoms with Gasteiger partial charge in [0, 0.05) is 19.1 Å². The summed E-state index contributed by atoms with van der Waals surface area (Å²) in [6.45, 7) is 3.50. The van der Waals surface area contributed by atoms with Crippen LogP contribution in [0.2, 0.25) is 0 Å². The van der Waals surface area contributed by atoms with E-state index in [2.05, 4.69) is 22.5 Å². The summed E-state index contributed by atoms with van der Waals surface area (Å²) in [7, 11) is 0. The van der Waals surface area contributed by atoms with E-state index in [0.717, 1.165) is 18.1 Å². The average Bonchev–Trinajstić information content (AvgIpc) is 2.94. The van der Waals surface area contributed by atoms with Crippen molar-refractivity contribution in [1.82, 2.24) is 10.6 Å². The van der Waals surface area contributed by atoms with E-state index in [9.17, 15) is 4.39 Å². The molecular formula is C16H25FIN3. The van der Waals surface area contributed by atoms with Crippen LogP contribution in [0.1, 0.15) is 38.2 Å². The SMILES string of the molecule is CCNC(=NCCc1ccccc1F)NC1CCCC1.I. The number of halogens is 2. The molecule has 0 aromatic heterocycles. The van der Waals surface area contributed by atoms with Gasteiger partial charge in [0.05, 0.1) is 0 Å². The largest absolute Gasteiger partial charge is 0.357 e. The maximum absolute atomic E-state index is 13.5. The van der Waals surface area contributed by atoms with Crippen LogP contribution in [-0.4, -0.2) is 25.1 Å². The van der Waals surface area contributed by atoms with Crippen molar-refractivity contribution in [2.75, 3.05) is 13.1 Å². The summed E-state index contributed by atoms with van der Waals surface area (Å²) in [5.74, 6) is 0.715. The van der Waals surface area contributed by atoms with E-state index >= 15 is 0 Å². The molecule has 1 fully saturated rings. The van der Waals surface area contributed by atoms with Gasteiger partial charge in [-0.1, -0.05) is 31.0 Å². The van der Waals surface area contributed by atoms with Crippen LogP contribution in [0.4, 0.5) is 4.39 Å². The molecule has 0 amide bonds. The highest BCUT2D eigenvalue weighted by Gasteiger charge is 2.15. The van der Waals surface area contributed by atoms with Gasteiger partial charge in [-0.05, 0) is 37.8 Å². The van der Waals surface area contributed by atoms with Gasteiger partial charge in [0.2, 0.25) is 0 Å². The second-order valence-corrected chi connectivity index (χ2v) is 5.23. The molecule has 0 atom stereocenters. The Labute approximate surface area is 143 Å². The lowest BCUT2D eigenvalue weighted by molar-refractivity contribution is 0.605. The molecule has 21 heavy (non-hydrogen) atoms. The van der Waals surface area contributed by atoms with Crippen LogP contribution in [0.15, 0.2) is 29.3 Å². The molecule has 5 heteroatoms. The zero-order valence-electron chi connectivity index (χ0n) is 12.6. The van der Waals surface area contributed by atoms with Gasteiger partial charge >= 0.3 is 0 Å². The van der Waals surface area contributed by atoms with Gasteiger partial charge in [0.15, 0.2) is 5.96 Å². The van der Waals surface area contributed by atoms with Gasteiger partial charge in [-0.15, -0.1) is 24.0 Å². The first-order valence-electron chi connectivity index (χ1n) is 7.58. The first kappa shape index (κ1) is 18.2. The van der Waals surface area contributed by atoms with E-state index in [0.29, 0.717) is 19.0 Å². The van der Waals surface area contributed by atoms with Crippen LogP contribution in [0.3, 0.4) is 0 Å². The Kier molecular flexibility index (Phi) is 8.64. The monoisotopic (exact) mass is 405 g/mol. The third kappa shape index (κ3) is 6.20. The standard InChI is InChI=1S/C16H24FN3.HI/c1-2-18-16(20-14-8-4-5-9-14)19-12-11-13-7-3-6-10-15(13)17;/h3,6-7,10,14H,2,4-5,8-9,11-12H2,1H3,(H2,18,19,20);1H. The maximum Gasteiger partial charge on any atom is 0.191 e. The van der Waals surface area contributed by atoms with E-state index in [1.54, 1.807) is 6.07 Å². The number of rotatable bonds is 5. The summed E-state index contributed by atoms with van der Waals surface area (Å²) in [5, 5.41) is 6.72. The van der Waals surface area contributed by atoms with Gasteiger partial charge in [0.1, 0.15) is 5.82 Å². The van der Waals surface area contributed by atoms with Gasteiger partial charge in [-0.3, -0.25) is 4.99 Å². The highest BCUT2D eigenvalue weighted by molar-refractivity contribution is 14.0. The van der Waals surface area contributed by atoms with Crippen molar-refractivity contribution in [3.8, 4) is 0 Å². The van der Waals surface area contributed by atoms with Crippen molar-refractivity contribution in [2.24, 2.45) is 4.99 Å². The number of hydrogen-bond donors (Lipinski definition) is 2. The fraction of sp³-hybridized carbons (Fsp3) is 0.562. The summed E-state index contributed by atoms with van der Waals surface area (Å²) in [5.41, 5.74) is 0.730. The van der Waals surface area contributed by atoms with Crippen LogP contribution in [0.25, 0.3) is 0 Å². The molecule has 1 aromatic carbocycles. The molecule has 0 unspecified atom stereocenters. The second kappa shape index (κ2) is 9.97. The molecule has 0 saturated heterocycles. The Balaban J connectivity index is 0.00000220. The minimum atomic E-state index is -0.142. The molecular weight excluding hydrogens is 380 g/mol. The molecule has 1 aromatic rings. The summed E-state index contributed by atoms with van der Waals surface area (Å²) in [4.78, 5) is 4.54. The average molecular weight is 405 g/mol.